The van der Waals surface area contributed by atoms with E-state index in [1.165, 1.54) is 12.1 Å². The summed E-state index contributed by atoms with van der Waals surface area (Å²) in [5.74, 6) is -0.263. The number of hydrogen-bond donors (Lipinski definition) is 1. The fourth-order valence-electron chi connectivity index (χ4n) is 3.33. The van der Waals surface area contributed by atoms with E-state index in [1.54, 1.807) is 17.0 Å². The summed E-state index contributed by atoms with van der Waals surface area (Å²) in [5.41, 5.74) is 9.85. The molecule has 0 aromatic heterocycles. The number of halogens is 3. The molecule has 0 radical (unpaired) electrons. The Balaban J connectivity index is 1.85. The molecule has 31 heavy (non-hydrogen) atoms. The highest BCUT2D eigenvalue weighted by Crippen LogP contribution is 2.29. The number of aryl methyl sites for hydroxylation is 2. The second-order valence-electron chi connectivity index (χ2n) is 7.59. The van der Waals surface area contributed by atoms with Crippen LogP contribution in [0.15, 0.2) is 72.8 Å². The monoisotopic (exact) mass is 426 g/mol. The van der Waals surface area contributed by atoms with Gasteiger partial charge in [-0.05, 0) is 66.8 Å². The van der Waals surface area contributed by atoms with E-state index in [9.17, 15) is 18.0 Å². The van der Waals surface area contributed by atoms with Gasteiger partial charge in [-0.3, -0.25) is 4.79 Å². The van der Waals surface area contributed by atoms with Gasteiger partial charge in [0.25, 0.3) is 0 Å². The van der Waals surface area contributed by atoms with Crippen LogP contribution in [0.25, 0.3) is 0 Å². The largest absolute Gasteiger partial charge is 0.416 e. The van der Waals surface area contributed by atoms with Gasteiger partial charge in [-0.25, -0.2) is 0 Å². The first-order chi connectivity index (χ1) is 14.7. The predicted molar refractivity (Wildman–Crippen MR) is 117 cm³/mol. The number of hydrogen-bond acceptors (Lipinski definition) is 2. The van der Waals surface area contributed by atoms with Gasteiger partial charge in [0.1, 0.15) is 6.04 Å². The molecule has 0 heterocycles. The minimum atomic E-state index is -4.37. The Morgan fingerprint density at radius 3 is 2.16 bits per heavy atom. The van der Waals surface area contributed by atoms with E-state index in [4.69, 9.17) is 5.73 Å². The number of carbonyl (C=O) groups is 1. The number of anilines is 1. The summed E-state index contributed by atoms with van der Waals surface area (Å²) in [6, 6.07) is 19.0. The van der Waals surface area contributed by atoms with Gasteiger partial charge >= 0.3 is 6.18 Å². The quantitative estimate of drug-likeness (QED) is 0.558. The van der Waals surface area contributed by atoms with Crippen molar-refractivity contribution in [2.24, 2.45) is 5.73 Å². The van der Waals surface area contributed by atoms with Gasteiger partial charge in [-0.1, -0.05) is 48.5 Å². The first-order valence-electron chi connectivity index (χ1n) is 10.0. The molecule has 1 amide bonds. The zero-order chi connectivity index (χ0) is 22.6. The van der Waals surface area contributed by atoms with Crippen LogP contribution in [0.3, 0.4) is 0 Å². The number of rotatable bonds is 6. The van der Waals surface area contributed by atoms with E-state index in [2.05, 4.69) is 0 Å². The Bertz CT molecular complexity index is 1030. The standard InChI is InChI=1S/C25H25F3N2O/c1-17-8-13-22(16-18(17)2)30(24(31)23(29)20-6-4-3-5-7-20)15-14-19-9-11-21(12-10-19)25(26,27)28/h3-13,16,23H,14-15,29H2,1-2H3/t23-/m1/s1. The summed E-state index contributed by atoms with van der Waals surface area (Å²) >= 11 is 0. The smallest absolute Gasteiger partial charge is 0.316 e. The van der Waals surface area contributed by atoms with Crippen molar-refractivity contribution in [3.63, 3.8) is 0 Å². The summed E-state index contributed by atoms with van der Waals surface area (Å²) in [6.45, 7) is 4.25. The average Bonchev–Trinajstić information content (AvgIpc) is 2.76. The topological polar surface area (TPSA) is 46.3 Å². The molecule has 6 heteroatoms. The van der Waals surface area contributed by atoms with Gasteiger partial charge < -0.3 is 10.6 Å². The van der Waals surface area contributed by atoms with Crippen molar-refractivity contribution >= 4 is 11.6 Å². The molecule has 0 fully saturated rings. The van der Waals surface area contributed by atoms with Crippen molar-refractivity contribution in [2.45, 2.75) is 32.5 Å². The van der Waals surface area contributed by atoms with Crippen LogP contribution in [-0.2, 0) is 17.4 Å². The molecule has 162 valence electrons. The Labute approximate surface area is 180 Å². The third-order valence-electron chi connectivity index (χ3n) is 5.40. The van der Waals surface area contributed by atoms with Crippen LogP contribution in [-0.4, -0.2) is 12.5 Å². The molecule has 0 saturated carbocycles. The Morgan fingerprint density at radius 1 is 0.935 bits per heavy atom. The molecule has 0 spiro atoms. The molecular weight excluding hydrogens is 401 g/mol. The zero-order valence-corrected chi connectivity index (χ0v) is 17.5. The van der Waals surface area contributed by atoms with E-state index >= 15 is 0 Å². The lowest BCUT2D eigenvalue weighted by Crippen LogP contribution is -2.40. The average molecular weight is 426 g/mol. The lowest BCUT2D eigenvalue weighted by atomic mass is 10.0. The van der Waals surface area contributed by atoms with Gasteiger partial charge in [0.2, 0.25) is 5.91 Å². The van der Waals surface area contributed by atoms with E-state index in [1.807, 2.05) is 50.2 Å². The molecule has 0 aliphatic carbocycles. The maximum atomic E-state index is 13.3. The normalized spacial score (nSPS) is 12.5. The third kappa shape index (κ3) is 5.52. The third-order valence-corrected chi connectivity index (χ3v) is 5.40. The molecule has 0 aliphatic heterocycles. The Morgan fingerprint density at radius 2 is 1.58 bits per heavy atom. The molecule has 3 nitrogen and oxygen atoms in total. The van der Waals surface area contributed by atoms with Crippen LogP contribution >= 0.6 is 0 Å². The van der Waals surface area contributed by atoms with Crippen molar-refractivity contribution in [1.29, 1.82) is 0 Å². The summed E-state index contributed by atoms with van der Waals surface area (Å²) in [6.07, 6.45) is -3.97. The van der Waals surface area contributed by atoms with Crippen molar-refractivity contribution in [3.05, 3.63) is 101 Å². The van der Waals surface area contributed by atoms with Gasteiger partial charge in [-0.15, -0.1) is 0 Å². The number of carbonyl (C=O) groups excluding carboxylic acids is 1. The van der Waals surface area contributed by atoms with Crippen molar-refractivity contribution in [3.8, 4) is 0 Å². The highest BCUT2D eigenvalue weighted by Gasteiger charge is 2.30. The van der Waals surface area contributed by atoms with Gasteiger partial charge in [0, 0.05) is 12.2 Å². The number of alkyl halides is 3. The van der Waals surface area contributed by atoms with E-state index in [0.717, 1.165) is 23.3 Å². The number of amides is 1. The van der Waals surface area contributed by atoms with Crippen LogP contribution in [0, 0.1) is 13.8 Å². The van der Waals surface area contributed by atoms with Crippen LogP contribution in [0.4, 0.5) is 18.9 Å². The van der Waals surface area contributed by atoms with Crippen molar-refractivity contribution < 1.29 is 18.0 Å². The minimum absolute atomic E-state index is 0.263. The second kappa shape index (κ2) is 9.35. The highest BCUT2D eigenvalue weighted by molar-refractivity contribution is 5.97. The maximum Gasteiger partial charge on any atom is 0.416 e. The first kappa shape index (κ1) is 22.6. The molecule has 3 rings (SSSR count). The van der Waals surface area contributed by atoms with Crippen LogP contribution < -0.4 is 10.6 Å². The first-order valence-corrected chi connectivity index (χ1v) is 10.0. The van der Waals surface area contributed by atoms with Crippen LogP contribution in [0.1, 0.15) is 33.9 Å². The number of nitrogens with two attached hydrogens (primary N) is 1. The van der Waals surface area contributed by atoms with Gasteiger partial charge in [0.05, 0.1) is 5.56 Å². The van der Waals surface area contributed by atoms with Gasteiger partial charge in [-0.2, -0.15) is 13.2 Å². The van der Waals surface area contributed by atoms with E-state index in [0.29, 0.717) is 29.8 Å². The lowest BCUT2D eigenvalue weighted by Gasteiger charge is -2.27. The summed E-state index contributed by atoms with van der Waals surface area (Å²) in [5, 5.41) is 0. The fourth-order valence-corrected chi connectivity index (χ4v) is 3.33. The molecular formula is C25H25F3N2O. The van der Waals surface area contributed by atoms with Crippen LogP contribution in [0.2, 0.25) is 0 Å². The summed E-state index contributed by atoms with van der Waals surface area (Å²) < 4.78 is 38.4. The van der Waals surface area contributed by atoms with E-state index in [-0.39, 0.29) is 5.91 Å². The fraction of sp³-hybridized carbons (Fsp3) is 0.240. The number of nitrogens with zero attached hydrogens (tertiary/aromatic N) is 1. The Hall–Kier alpha value is -3.12. The highest BCUT2D eigenvalue weighted by atomic mass is 19.4. The number of benzene rings is 3. The molecule has 0 bridgehead atoms. The molecule has 3 aromatic carbocycles. The maximum absolute atomic E-state index is 13.3. The van der Waals surface area contributed by atoms with Crippen LogP contribution in [0.5, 0.6) is 0 Å². The SMILES string of the molecule is Cc1ccc(N(CCc2ccc(C(F)(F)F)cc2)C(=O)[C@H](N)c2ccccc2)cc1C. The summed E-state index contributed by atoms with van der Waals surface area (Å²) in [4.78, 5) is 14.9. The van der Waals surface area contributed by atoms with E-state index < -0.39 is 17.8 Å². The predicted octanol–water partition coefficient (Wildman–Crippen LogP) is 5.60. The minimum Gasteiger partial charge on any atom is -0.316 e. The van der Waals surface area contributed by atoms with Gasteiger partial charge in [0.15, 0.2) is 0 Å². The zero-order valence-electron chi connectivity index (χ0n) is 17.5. The molecule has 2 N–H and O–H groups in total. The summed E-state index contributed by atoms with van der Waals surface area (Å²) in [7, 11) is 0. The van der Waals surface area contributed by atoms with Crippen molar-refractivity contribution in [2.75, 3.05) is 11.4 Å². The Kier molecular flexibility index (Phi) is 6.81. The molecule has 3 aromatic rings. The van der Waals surface area contributed by atoms with Crippen molar-refractivity contribution in [1.82, 2.24) is 0 Å². The molecule has 0 saturated heterocycles. The molecule has 0 aliphatic rings. The second-order valence-corrected chi connectivity index (χ2v) is 7.59. The molecule has 0 unspecified atom stereocenters. The molecule has 1 atom stereocenters. The lowest BCUT2D eigenvalue weighted by molar-refractivity contribution is -0.137.